The molecule has 21 heavy (non-hydrogen) atoms. The van der Waals surface area contributed by atoms with Crippen LogP contribution < -0.4 is 10.1 Å². The van der Waals surface area contributed by atoms with Gasteiger partial charge in [-0.15, -0.1) is 0 Å². The number of nitrogens with zero attached hydrogens (tertiary/aromatic N) is 4. The fourth-order valence-electron chi connectivity index (χ4n) is 2.42. The Labute approximate surface area is 120 Å². The van der Waals surface area contributed by atoms with Gasteiger partial charge in [-0.2, -0.15) is 9.97 Å². The van der Waals surface area contributed by atoms with Crippen LogP contribution in [0.15, 0.2) is 6.33 Å². The Hall–Kier alpha value is -1.97. The van der Waals surface area contributed by atoms with Gasteiger partial charge in [-0.25, -0.2) is 4.98 Å². The summed E-state index contributed by atoms with van der Waals surface area (Å²) in [5, 5.41) is 21.9. The highest BCUT2D eigenvalue weighted by atomic mass is 16.5. The first-order valence-electron chi connectivity index (χ1n) is 6.58. The van der Waals surface area contributed by atoms with Gasteiger partial charge in [-0.05, 0) is 0 Å². The highest BCUT2D eigenvalue weighted by Crippen LogP contribution is 2.32. The monoisotopic (exact) mass is 295 g/mol. The summed E-state index contributed by atoms with van der Waals surface area (Å²) in [6, 6.07) is 0.214. The number of anilines is 1. The zero-order valence-corrected chi connectivity index (χ0v) is 11.7. The summed E-state index contributed by atoms with van der Waals surface area (Å²) in [4.78, 5) is 12.7. The number of methoxy groups -OCH3 is 1. The van der Waals surface area contributed by atoms with Crippen molar-refractivity contribution < 1.29 is 19.7 Å². The number of aliphatic hydroxyl groups excluding tert-OH is 2. The van der Waals surface area contributed by atoms with Crippen molar-refractivity contribution in [3.8, 4) is 6.01 Å². The molecule has 0 radical (unpaired) electrons. The Morgan fingerprint density at radius 3 is 2.95 bits per heavy atom. The number of nitrogens with one attached hydrogen (secondary N) is 1. The highest BCUT2D eigenvalue weighted by Gasteiger charge is 2.35. The molecule has 0 bridgehead atoms. The molecule has 3 N–H and O–H groups in total. The predicted molar refractivity (Wildman–Crippen MR) is 73.0 cm³/mol. The molecule has 9 heteroatoms. The van der Waals surface area contributed by atoms with E-state index in [1.165, 1.54) is 7.11 Å². The molecule has 0 aliphatic carbocycles. The molecular formula is C12H17N5O4. The van der Waals surface area contributed by atoms with Crippen molar-refractivity contribution in [3.05, 3.63) is 6.33 Å². The van der Waals surface area contributed by atoms with Gasteiger partial charge in [-0.3, -0.25) is 4.57 Å². The molecule has 3 atom stereocenters. The lowest BCUT2D eigenvalue weighted by Crippen LogP contribution is -2.24. The second kappa shape index (κ2) is 5.43. The molecule has 2 aromatic rings. The maximum atomic E-state index is 9.84. The molecule has 0 spiro atoms. The summed E-state index contributed by atoms with van der Waals surface area (Å²) in [6.07, 6.45) is 0.186. The number of rotatable bonds is 4. The standard InChI is InChI=1S/C12H17N5O4/c1-13-10-9-11(16-12(15-10)20-2)17(5-14-9)8-3-6(19)7(4-18)21-8/h5-8,18-19H,3-4H2,1-2H3,(H,13,15,16)/t6-,7+,8+/m0/s1. The zero-order valence-electron chi connectivity index (χ0n) is 11.7. The zero-order chi connectivity index (χ0) is 15.0. The van der Waals surface area contributed by atoms with Crippen molar-refractivity contribution in [2.45, 2.75) is 24.9 Å². The molecule has 3 heterocycles. The molecule has 1 saturated heterocycles. The van der Waals surface area contributed by atoms with Gasteiger partial charge in [0.2, 0.25) is 0 Å². The third-order valence-corrected chi connectivity index (χ3v) is 3.51. The first kappa shape index (κ1) is 14.0. The Bertz CT molecular complexity index is 646. The van der Waals surface area contributed by atoms with E-state index in [1.807, 2.05) is 0 Å². The lowest BCUT2D eigenvalue weighted by Gasteiger charge is -2.14. The van der Waals surface area contributed by atoms with E-state index < -0.39 is 18.4 Å². The molecule has 1 aliphatic heterocycles. The summed E-state index contributed by atoms with van der Waals surface area (Å²) in [7, 11) is 3.22. The number of imidazole rings is 1. The third kappa shape index (κ3) is 2.28. The highest BCUT2D eigenvalue weighted by molar-refractivity contribution is 5.83. The van der Waals surface area contributed by atoms with Crippen LogP contribution in [0.4, 0.5) is 5.82 Å². The number of aliphatic hydroxyl groups is 2. The van der Waals surface area contributed by atoms with E-state index in [4.69, 9.17) is 14.6 Å². The van der Waals surface area contributed by atoms with Gasteiger partial charge in [0.05, 0.1) is 26.1 Å². The average Bonchev–Trinajstić information content (AvgIpc) is 3.08. The van der Waals surface area contributed by atoms with Crippen LogP contribution in [-0.4, -0.2) is 62.7 Å². The molecule has 2 aromatic heterocycles. The molecule has 0 saturated carbocycles. The van der Waals surface area contributed by atoms with Crippen LogP contribution in [0.3, 0.4) is 0 Å². The van der Waals surface area contributed by atoms with Crippen LogP contribution in [-0.2, 0) is 4.74 Å². The van der Waals surface area contributed by atoms with Gasteiger partial charge in [0, 0.05) is 13.5 Å². The van der Waals surface area contributed by atoms with Crippen molar-refractivity contribution in [3.63, 3.8) is 0 Å². The number of hydrogen-bond donors (Lipinski definition) is 3. The summed E-state index contributed by atoms with van der Waals surface area (Å²) < 4.78 is 12.4. The van der Waals surface area contributed by atoms with E-state index in [2.05, 4.69) is 20.3 Å². The molecular weight excluding hydrogens is 278 g/mol. The SMILES string of the molecule is CNc1nc(OC)nc2c1ncn2[C@H]1C[C@H](O)[C@@H](CO)O1. The number of ether oxygens (including phenoxy) is 2. The van der Waals surface area contributed by atoms with E-state index in [9.17, 15) is 5.11 Å². The molecule has 0 unspecified atom stereocenters. The minimum Gasteiger partial charge on any atom is -0.467 e. The van der Waals surface area contributed by atoms with Gasteiger partial charge in [0.1, 0.15) is 12.3 Å². The molecule has 9 nitrogen and oxygen atoms in total. The Balaban J connectivity index is 2.04. The number of aromatic nitrogens is 4. The third-order valence-electron chi connectivity index (χ3n) is 3.51. The maximum Gasteiger partial charge on any atom is 0.320 e. The normalized spacial score (nSPS) is 25.4. The van der Waals surface area contributed by atoms with Crippen molar-refractivity contribution in [2.24, 2.45) is 0 Å². The molecule has 0 amide bonds. The van der Waals surface area contributed by atoms with Gasteiger partial charge in [-0.1, -0.05) is 0 Å². The second-order valence-corrected chi connectivity index (χ2v) is 4.75. The molecule has 1 aliphatic rings. The van der Waals surface area contributed by atoms with E-state index in [1.54, 1.807) is 17.9 Å². The van der Waals surface area contributed by atoms with Crippen LogP contribution in [0.1, 0.15) is 12.6 Å². The fraction of sp³-hybridized carbons (Fsp3) is 0.583. The number of hydrogen-bond acceptors (Lipinski definition) is 8. The van der Waals surface area contributed by atoms with Crippen molar-refractivity contribution in [2.75, 3.05) is 26.1 Å². The average molecular weight is 295 g/mol. The minimum absolute atomic E-state index is 0.214. The first-order valence-corrected chi connectivity index (χ1v) is 6.58. The Morgan fingerprint density at radius 2 is 2.33 bits per heavy atom. The second-order valence-electron chi connectivity index (χ2n) is 4.75. The first-order chi connectivity index (χ1) is 10.2. The topological polar surface area (TPSA) is 115 Å². The summed E-state index contributed by atoms with van der Waals surface area (Å²) in [5.41, 5.74) is 1.13. The lowest BCUT2D eigenvalue weighted by molar-refractivity contribution is -0.0432. The van der Waals surface area contributed by atoms with E-state index in [-0.39, 0.29) is 12.6 Å². The van der Waals surface area contributed by atoms with Crippen LogP contribution in [0, 0.1) is 0 Å². The van der Waals surface area contributed by atoms with Crippen LogP contribution in [0.2, 0.25) is 0 Å². The molecule has 1 fully saturated rings. The summed E-state index contributed by atoms with van der Waals surface area (Å²) in [5.74, 6) is 0.549. The van der Waals surface area contributed by atoms with Crippen LogP contribution in [0.5, 0.6) is 6.01 Å². The lowest BCUT2D eigenvalue weighted by atomic mass is 10.2. The largest absolute Gasteiger partial charge is 0.467 e. The summed E-state index contributed by atoms with van der Waals surface area (Å²) >= 11 is 0. The minimum atomic E-state index is -0.718. The van der Waals surface area contributed by atoms with Crippen molar-refractivity contribution >= 4 is 17.0 Å². The molecule has 3 rings (SSSR count). The van der Waals surface area contributed by atoms with E-state index in [0.29, 0.717) is 23.4 Å². The Kier molecular flexibility index (Phi) is 3.62. The Morgan fingerprint density at radius 1 is 1.52 bits per heavy atom. The fourth-order valence-corrected chi connectivity index (χ4v) is 2.42. The van der Waals surface area contributed by atoms with E-state index >= 15 is 0 Å². The van der Waals surface area contributed by atoms with E-state index in [0.717, 1.165) is 0 Å². The summed E-state index contributed by atoms with van der Waals surface area (Å²) in [6.45, 7) is -0.232. The van der Waals surface area contributed by atoms with Gasteiger partial charge < -0.3 is 25.0 Å². The van der Waals surface area contributed by atoms with Gasteiger partial charge >= 0.3 is 6.01 Å². The van der Waals surface area contributed by atoms with Crippen LogP contribution >= 0.6 is 0 Å². The van der Waals surface area contributed by atoms with Crippen molar-refractivity contribution in [1.29, 1.82) is 0 Å². The van der Waals surface area contributed by atoms with Gasteiger partial charge in [0.25, 0.3) is 0 Å². The molecule has 0 aromatic carbocycles. The quantitative estimate of drug-likeness (QED) is 0.692. The van der Waals surface area contributed by atoms with Crippen LogP contribution in [0.25, 0.3) is 11.2 Å². The smallest absolute Gasteiger partial charge is 0.320 e. The maximum absolute atomic E-state index is 9.84. The predicted octanol–water partition coefficient (Wildman–Crippen LogP) is -0.483. The van der Waals surface area contributed by atoms with Crippen molar-refractivity contribution in [1.82, 2.24) is 19.5 Å². The molecule has 114 valence electrons. The van der Waals surface area contributed by atoms with Gasteiger partial charge in [0.15, 0.2) is 17.0 Å². The number of fused-ring (bicyclic) bond motifs is 1.